The second-order valence-corrected chi connectivity index (χ2v) is 14.5. The lowest BCUT2D eigenvalue weighted by molar-refractivity contribution is -0.173. The van der Waals surface area contributed by atoms with Crippen molar-refractivity contribution in [3.8, 4) is 0 Å². The summed E-state index contributed by atoms with van der Waals surface area (Å²) in [6, 6.07) is 0. The molecule has 156 valence electrons. The van der Waals surface area contributed by atoms with E-state index in [1.165, 1.54) is 6.42 Å². The Morgan fingerprint density at radius 2 is 0.821 bits per heavy atom. The standard InChI is InChI=1S/C27H43P/c28-27(24-4-2-1-3-5-24,25-12-18-6-19(13-25)8-20(7-18)14-25)26-15-21-9-22(16-26)11-23(10-21)17-26/h18-24H,1-17,28H2. The Kier molecular flexibility index (Phi) is 3.88. The van der Waals surface area contributed by atoms with Crippen LogP contribution in [-0.2, 0) is 0 Å². The van der Waals surface area contributed by atoms with Gasteiger partial charge in [-0.05, 0) is 147 Å². The van der Waals surface area contributed by atoms with Gasteiger partial charge in [0, 0.05) is 0 Å². The second kappa shape index (κ2) is 6.02. The van der Waals surface area contributed by atoms with E-state index in [0.29, 0.717) is 5.16 Å². The molecule has 0 saturated heterocycles. The van der Waals surface area contributed by atoms with E-state index in [4.69, 9.17) is 0 Å². The minimum atomic E-state index is 0.604. The largest absolute Gasteiger partial charge is 0.130 e. The van der Waals surface area contributed by atoms with Crippen LogP contribution in [0.4, 0.5) is 0 Å². The highest BCUT2D eigenvalue weighted by molar-refractivity contribution is 7.19. The average Bonchev–Trinajstić information content (AvgIpc) is 2.66. The van der Waals surface area contributed by atoms with E-state index in [1.54, 1.807) is 103 Å². The van der Waals surface area contributed by atoms with Crippen LogP contribution in [0, 0.1) is 52.3 Å². The van der Waals surface area contributed by atoms with Crippen molar-refractivity contribution in [2.24, 2.45) is 52.3 Å². The molecule has 9 saturated carbocycles. The quantitative estimate of drug-likeness (QED) is 0.429. The Bertz CT molecular complexity index is 526. The van der Waals surface area contributed by atoms with Crippen molar-refractivity contribution < 1.29 is 0 Å². The Hall–Kier alpha value is 0.430. The topological polar surface area (TPSA) is 0 Å². The zero-order valence-corrected chi connectivity index (χ0v) is 19.3. The van der Waals surface area contributed by atoms with Crippen molar-refractivity contribution in [1.29, 1.82) is 0 Å². The smallest absolute Gasteiger partial charge is 0.000916 e. The third-order valence-corrected chi connectivity index (χ3v) is 13.8. The summed E-state index contributed by atoms with van der Waals surface area (Å²) >= 11 is 0. The molecule has 0 spiro atoms. The van der Waals surface area contributed by atoms with Gasteiger partial charge in [-0.25, -0.2) is 0 Å². The van der Waals surface area contributed by atoms with Crippen molar-refractivity contribution in [1.82, 2.24) is 0 Å². The molecule has 0 aliphatic heterocycles. The summed E-state index contributed by atoms with van der Waals surface area (Å²) in [4.78, 5) is 0. The van der Waals surface area contributed by atoms with Gasteiger partial charge >= 0.3 is 0 Å². The molecular weight excluding hydrogens is 355 g/mol. The fraction of sp³-hybridized carbons (Fsp3) is 1.00. The van der Waals surface area contributed by atoms with Gasteiger partial charge in [-0.1, -0.05) is 19.3 Å². The third kappa shape index (κ3) is 2.29. The van der Waals surface area contributed by atoms with Crippen LogP contribution in [0.1, 0.15) is 109 Å². The SMILES string of the molecule is PC(C1CCCCC1)(C12CC3CC(CC(C3)C1)C2)C12CC3CC(CC(C3)C1)C2. The zero-order valence-electron chi connectivity index (χ0n) is 18.1. The van der Waals surface area contributed by atoms with Crippen molar-refractivity contribution in [2.45, 2.75) is 114 Å². The molecule has 1 heteroatoms. The first-order valence-corrected chi connectivity index (χ1v) is 13.9. The molecule has 0 N–H and O–H groups in total. The van der Waals surface area contributed by atoms with Crippen LogP contribution in [0.25, 0.3) is 0 Å². The highest BCUT2D eigenvalue weighted by Crippen LogP contribution is 2.77. The normalized spacial score (nSPS) is 56.9. The summed E-state index contributed by atoms with van der Waals surface area (Å²) in [5.41, 5.74) is 1.44. The molecule has 0 aromatic rings. The van der Waals surface area contributed by atoms with Gasteiger partial charge in [-0.15, -0.1) is 9.24 Å². The number of hydrogen-bond acceptors (Lipinski definition) is 0. The molecule has 28 heavy (non-hydrogen) atoms. The maximum atomic E-state index is 3.84. The van der Waals surface area contributed by atoms with Gasteiger partial charge in [0.2, 0.25) is 0 Å². The van der Waals surface area contributed by atoms with Gasteiger partial charge in [0.25, 0.3) is 0 Å². The van der Waals surface area contributed by atoms with E-state index in [9.17, 15) is 0 Å². The summed E-state index contributed by atoms with van der Waals surface area (Å²) in [7, 11) is 3.84. The molecule has 0 aromatic carbocycles. The van der Waals surface area contributed by atoms with Crippen molar-refractivity contribution in [3.05, 3.63) is 0 Å². The van der Waals surface area contributed by atoms with Gasteiger partial charge < -0.3 is 0 Å². The molecule has 9 rings (SSSR count). The number of rotatable bonds is 3. The van der Waals surface area contributed by atoms with E-state index in [2.05, 4.69) is 9.24 Å². The van der Waals surface area contributed by atoms with Crippen LogP contribution in [-0.4, -0.2) is 5.16 Å². The summed E-state index contributed by atoms with van der Waals surface area (Å²) in [5.74, 6) is 7.73. The van der Waals surface area contributed by atoms with Crippen LogP contribution < -0.4 is 0 Å². The molecule has 1 atom stereocenters. The lowest BCUT2D eigenvalue weighted by Gasteiger charge is -2.74. The summed E-state index contributed by atoms with van der Waals surface area (Å²) in [6.07, 6.45) is 27.3. The molecule has 9 fully saturated rings. The first-order chi connectivity index (χ1) is 13.6. The first-order valence-electron chi connectivity index (χ1n) is 13.4. The van der Waals surface area contributed by atoms with E-state index in [-0.39, 0.29) is 0 Å². The minimum Gasteiger partial charge on any atom is -0.130 e. The van der Waals surface area contributed by atoms with Gasteiger partial charge in [-0.3, -0.25) is 0 Å². The van der Waals surface area contributed by atoms with Gasteiger partial charge in [0.15, 0.2) is 0 Å². The molecule has 0 amide bonds. The minimum absolute atomic E-state index is 0.604. The molecule has 0 nitrogen and oxygen atoms in total. The van der Waals surface area contributed by atoms with Crippen LogP contribution in [0.15, 0.2) is 0 Å². The van der Waals surface area contributed by atoms with Gasteiger partial charge in [0.05, 0.1) is 0 Å². The maximum Gasteiger partial charge on any atom is -0.000916 e. The Labute approximate surface area is 176 Å². The highest BCUT2D eigenvalue weighted by Gasteiger charge is 2.69. The van der Waals surface area contributed by atoms with E-state index in [1.807, 2.05) is 0 Å². The molecule has 0 heterocycles. The third-order valence-electron chi connectivity index (χ3n) is 12.1. The molecule has 9 aliphatic carbocycles. The van der Waals surface area contributed by atoms with Crippen LogP contribution in [0.3, 0.4) is 0 Å². The Morgan fingerprint density at radius 3 is 1.14 bits per heavy atom. The fourth-order valence-electron chi connectivity index (χ4n) is 12.2. The van der Waals surface area contributed by atoms with Crippen LogP contribution in [0.2, 0.25) is 0 Å². The fourth-order valence-corrected chi connectivity index (χ4v) is 13.3. The van der Waals surface area contributed by atoms with E-state index < -0.39 is 0 Å². The van der Waals surface area contributed by atoms with Crippen molar-refractivity contribution in [3.63, 3.8) is 0 Å². The predicted molar refractivity (Wildman–Crippen MR) is 120 cm³/mol. The number of hydrogen-bond donors (Lipinski definition) is 0. The molecule has 9 aliphatic rings. The van der Waals surface area contributed by atoms with E-state index in [0.717, 1.165) is 52.3 Å². The molecule has 0 radical (unpaired) electrons. The lowest BCUT2D eigenvalue weighted by Crippen LogP contribution is -2.68. The molecule has 1 unspecified atom stereocenters. The zero-order chi connectivity index (χ0) is 18.6. The first kappa shape index (κ1) is 18.0. The molecule has 8 bridgehead atoms. The van der Waals surface area contributed by atoms with Crippen LogP contribution in [0.5, 0.6) is 0 Å². The summed E-state index contributed by atoms with van der Waals surface area (Å²) < 4.78 is 0. The average molecular weight is 399 g/mol. The van der Waals surface area contributed by atoms with E-state index >= 15 is 0 Å². The van der Waals surface area contributed by atoms with Crippen LogP contribution >= 0.6 is 9.24 Å². The van der Waals surface area contributed by atoms with Crippen molar-refractivity contribution in [2.75, 3.05) is 0 Å². The van der Waals surface area contributed by atoms with Gasteiger partial charge in [-0.2, -0.15) is 0 Å². The molecular formula is C27H43P. The van der Waals surface area contributed by atoms with Crippen molar-refractivity contribution >= 4 is 9.24 Å². The monoisotopic (exact) mass is 398 g/mol. The maximum absolute atomic E-state index is 3.84. The second-order valence-electron chi connectivity index (χ2n) is 13.6. The summed E-state index contributed by atoms with van der Waals surface area (Å²) in [5, 5.41) is 0.604. The van der Waals surface area contributed by atoms with Gasteiger partial charge in [0.1, 0.15) is 0 Å². The summed E-state index contributed by atoms with van der Waals surface area (Å²) in [6.45, 7) is 0. The Balaban J connectivity index is 1.36. The predicted octanol–water partition coefficient (Wildman–Crippen LogP) is 7.61. The highest BCUT2D eigenvalue weighted by atomic mass is 31.0. The molecule has 0 aromatic heterocycles. The lowest BCUT2D eigenvalue weighted by atomic mass is 9.35. The Morgan fingerprint density at radius 1 is 0.500 bits per heavy atom.